The highest BCUT2D eigenvalue weighted by Gasteiger charge is 2.20. The quantitative estimate of drug-likeness (QED) is 0.474. The van der Waals surface area contributed by atoms with Gasteiger partial charge in [-0.2, -0.15) is 0 Å². The molecule has 0 aromatic rings. The molecule has 0 spiro atoms. The Morgan fingerprint density at radius 3 is 2.53 bits per heavy atom. The van der Waals surface area contributed by atoms with Crippen LogP contribution in [0.3, 0.4) is 0 Å². The molecule has 0 saturated heterocycles. The maximum absolute atomic E-state index is 5.46. The molecule has 1 rings (SSSR count). The average molecular weight is 209 g/mol. The number of hydrogen-bond donors (Lipinski definition) is 1. The van der Waals surface area contributed by atoms with Crippen molar-refractivity contribution in [3.05, 3.63) is 11.6 Å². The third-order valence-electron chi connectivity index (χ3n) is 3.61. The molecule has 0 aromatic heterocycles. The van der Waals surface area contributed by atoms with Crippen molar-refractivity contribution in [2.75, 3.05) is 6.54 Å². The van der Waals surface area contributed by atoms with E-state index in [9.17, 15) is 0 Å². The van der Waals surface area contributed by atoms with E-state index in [1.807, 2.05) is 0 Å². The van der Waals surface area contributed by atoms with Crippen molar-refractivity contribution in [3.8, 4) is 0 Å². The third kappa shape index (κ3) is 4.83. The largest absolute Gasteiger partial charge is 0.330 e. The van der Waals surface area contributed by atoms with Gasteiger partial charge in [-0.15, -0.1) is 0 Å². The predicted octanol–water partition coefficient (Wildman–Crippen LogP) is 4.03. The standard InChI is InChI=1S/C14H27N/c1-2-13-10-11-14(13)9-7-5-3-4-6-8-12-15/h9,13H,2-8,10-12,15H2,1H3/b14-9+. The normalized spacial score (nSPS) is 23.1. The Balaban J connectivity index is 1.92. The summed E-state index contributed by atoms with van der Waals surface area (Å²) in [6, 6.07) is 0. The first kappa shape index (κ1) is 12.8. The van der Waals surface area contributed by atoms with Gasteiger partial charge in [0.15, 0.2) is 0 Å². The summed E-state index contributed by atoms with van der Waals surface area (Å²) in [5.41, 5.74) is 7.21. The Kier molecular flexibility index (Phi) is 6.74. The van der Waals surface area contributed by atoms with Crippen LogP contribution in [-0.2, 0) is 0 Å². The molecule has 1 aliphatic rings. The fourth-order valence-electron chi connectivity index (χ4n) is 2.36. The van der Waals surface area contributed by atoms with E-state index >= 15 is 0 Å². The van der Waals surface area contributed by atoms with Crippen LogP contribution in [-0.4, -0.2) is 6.54 Å². The van der Waals surface area contributed by atoms with Gasteiger partial charge in [-0.25, -0.2) is 0 Å². The van der Waals surface area contributed by atoms with Crippen LogP contribution >= 0.6 is 0 Å². The van der Waals surface area contributed by atoms with E-state index in [0.717, 1.165) is 12.5 Å². The molecular weight excluding hydrogens is 182 g/mol. The predicted molar refractivity (Wildman–Crippen MR) is 67.9 cm³/mol. The van der Waals surface area contributed by atoms with Crippen LogP contribution in [0.1, 0.15) is 64.7 Å². The first-order valence-electron chi connectivity index (χ1n) is 6.77. The summed E-state index contributed by atoms with van der Waals surface area (Å²) in [6.45, 7) is 3.17. The number of rotatable bonds is 8. The molecule has 15 heavy (non-hydrogen) atoms. The van der Waals surface area contributed by atoms with Gasteiger partial charge < -0.3 is 5.73 Å². The zero-order valence-corrected chi connectivity index (χ0v) is 10.3. The molecule has 88 valence electrons. The minimum atomic E-state index is 0.863. The monoisotopic (exact) mass is 209 g/mol. The molecular formula is C14H27N. The molecule has 1 heteroatoms. The van der Waals surface area contributed by atoms with Crippen LogP contribution in [0.4, 0.5) is 0 Å². The molecule has 1 fully saturated rings. The number of allylic oxidation sites excluding steroid dienone is 2. The molecule has 0 heterocycles. The van der Waals surface area contributed by atoms with Crippen LogP contribution in [0.15, 0.2) is 11.6 Å². The van der Waals surface area contributed by atoms with Gasteiger partial charge in [0.2, 0.25) is 0 Å². The molecule has 2 N–H and O–H groups in total. The fraction of sp³-hybridized carbons (Fsp3) is 0.857. The van der Waals surface area contributed by atoms with Crippen LogP contribution < -0.4 is 5.73 Å². The van der Waals surface area contributed by atoms with Gasteiger partial charge in [0.1, 0.15) is 0 Å². The molecule has 0 radical (unpaired) electrons. The SMILES string of the molecule is CCC1CC/C1=C\CCCCCCCN. The van der Waals surface area contributed by atoms with Crippen molar-refractivity contribution in [2.24, 2.45) is 11.7 Å². The summed E-state index contributed by atoms with van der Waals surface area (Å²) >= 11 is 0. The average Bonchev–Trinajstić information content (AvgIpc) is 2.21. The van der Waals surface area contributed by atoms with Gasteiger partial charge in [0.05, 0.1) is 0 Å². The van der Waals surface area contributed by atoms with E-state index in [4.69, 9.17) is 5.73 Å². The molecule has 0 bridgehead atoms. The van der Waals surface area contributed by atoms with Crippen molar-refractivity contribution in [1.82, 2.24) is 0 Å². The van der Waals surface area contributed by atoms with Crippen LogP contribution in [0.5, 0.6) is 0 Å². The van der Waals surface area contributed by atoms with E-state index in [1.165, 1.54) is 57.8 Å². The summed E-state index contributed by atoms with van der Waals surface area (Å²) in [6.07, 6.45) is 14.7. The molecule has 1 saturated carbocycles. The van der Waals surface area contributed by atoms with E-state index in [2.05, 4.69) is 13.0 Å². The fourth-order valence-corrected chi connectivity index (χ4v) is 2.36. The summed E-state index contributed by atoms with van der Waals surface area (Å²) in [5, 5.41) is 0. The zero-order chi connectivity index (χ0) is 10.9. The van der Waals surface area contributed by atoms with E-state index in [1.54, 1.807) is 5.57 Å². The van der Waals surface area contributed by atoms with Gasteiger partial charge in [0.25, 0.3) is 0 Å². The van der Waals surface area contributed by atoms with Crippen molar-refractivity contribution >= 4 is 0 Å². The highest BCUT2D eigenvalue weighted by molar-refractivity contribution is 5.14. The molecule has 1 aliphatic carbocycles. The topological polar surface area (TPSA) is 26.0 Å². The Hall–Kier alpha value is -0.300. The third-order valence-corrected chi connectivity index (χ3v) is 3.61. The lowest BCUT2D eigenvalue weighted by Crippen LogP contribution is -2.14. The maximum Gasteiger partial charge on any atom is -0.00773 e. The molecule has 1 nitrogen and oxygen atoms in total. The number of hydrogen-bond acceptors (Lipinski definition) is 1. The van der Waals surface area contributed by atoms with Gasteiger partial charge in [-0.05, 0) is 51.0 Å². The van der Waals surface area contributed by atoms with Crippen molar-refractivity contribution in [2.45, 2.75) is 64.7 Å². The van der Waals surface area contributed by atoms with Crippen LogP contribution in [0, 0.1) is 5.92 Å². The first-order chi connectivity index (χ1) is 7.38. The van der Waals surface area contributed by atoms with Crippen molar-refractivity contribution < 1.29 is 0 Å². The van der Waals surface area contributed by atoms with Crippen molar-refractivity contribution in [1.29, 1.82) is 0 Å². The lowest BCUT2D eigenvalue weighted by atomic mass is 9.77. The smallest absolute Gasteiger partial charge is 0.00773 e. The minimum Gasteiger partial charge on any atom is -0.330 e. The number of nitrogens with two attached hydrogens (primary N) is 1. The Morgan fingerprint density at radius 2 is 1.93 bits per heavy atom. The molecule has 0 aromatic carbocycles. The van der Waals surface area contributed by atoms with E-state index < -0.39 is 0 Å². The summed E-state index contributed by atoms with van der Waals surface area (Å²) in [5.74, 6) is 0.947. The van der Waals surface area contributed by atoms with E-state index in [0.29, 0.717) is 0 Å². The Morgan fingerprint density at radius 1 is 1.20 bits per heavy atom. The lowest BCUT2D eigenvalue weighted by Gasteiger charge is -2.29. The molecule has 0 amide bonds. The van der Waals surface area contributed by atoms with Gasteiger partial charge in [-0.1, -0.05) is 37.8 Å². The first-order valence-corrected chi connectivity index (χ1v) is 6.77. The Bertz CT molecular complexity index is 182. The second-order valence-electron chi connectivity index (χ2n) is 4.77. The van der Waals surface area contributed by atoms with Crippen molar-refractivity contribution in [3.63, 3.8) is 0 Å². The van der Waals surface area contributed by atoms with Gasteiger partial charge in [0, 0.05) is 0 Å². The summed E-state index contributed by atoms with van der Waals surface area (Å²) < 4.78 is 0. The lowest BCUT2D eigenvalue weighted by molar-refractivity contribution is 0.427. The second kappa shape index (κ2) is 7.92. The Labute approximate surface area is 95.1 Å². The van der Waals surface area contributed by atoms with Crippen LogP contribution in [0.25, 0.3) is 0 Å². The summed E-state index contributed by atoms with van der Waals surface area (Å²) in [4.78, 5) is 0. The highest BCUT2D eigenvalue weighted by Crippen LogP contribution is 2.36. The summed E-state index contributed by atoms with van der Waals surface area (Å²) in [7, 11) is 0. The van der Waals surface area contributed by atoms with Gasteiger partial charge >= 0.3 is 0 Å². The van der Waals surface area contributed by atoms with Crippen LogP contribution in [0.2, 0.25) is 0 Å². The highest BCUT2D eigenvalue weighted by atomic mass is 14.5. The zero-order valence-electron chi connectivity index (χ0n) is 10.3. The van der Waals surface area contributed by atoms with Gasteiger partial charge in [-0.3, -0.25) is 0 Å². The number of unbranched alkanes of at least 4 members (excludes halogenated alkanes) is 5. The molecule has 1 atom stereocenters. The molecule has 1 unspecified atom stereocenters. The molecule has 0 aliphatic heterocycles. The minimum absolute atomic E-state index is 0.863. The maximum atomic E-state index is 5.46. The van der Waals surface area contributed by atoms with E-state index in [-0.39, 0.29) is 0 Å². The second-order valence-corrected chi connectivity index (χ2v) is 4.77.